The average molecular weight is 350 g/mol. The van der Waals surface area contributed by atoms with Gasteiger partial charge in [-0.1, -0.05) is 18.2 Å². The van der Waals surface area contributed by atoms with Crippen LogP contribution in [0.2, 0.25) is 0 Å². The van der Waals surface area contributed by atoms with Gasteiger partial charge in [-0.15, -0.1) is 10.8 Å². The molecule has 6 heteroatoms. The molecule has 1 atom stereocenters. The van der Waals surface area contributed by atoms with Gasteiger partial charge in [0.2, 0.25) is 0 Å². The Morgan fingerprint density at radius 2 is 1.96 bits per heavy atom. The zero-order valence-electron chi connectivity index (χ0n) is 13.7. The Morgan fingerprint density at radius 3 is 2.67 bits per heavy atom. The fraction of sp³-hybridized carbons (Fsp3) is 0.333. The molecule has 0 spiro atoms. The van der Waals surface area contributed by atoms with Crippen LogP contribution >= 0.6 is 10.8 Å². The Labute approximate surface area is 143 Å². The average Bonchev–Trinajstić information content (AvgIpc) is 2.56. The number of hydrogen-bond donors (Lipinski definition) is 3. The summed E-state index contributed by atoms with van der Waals surface area (Å²) >= 11 is 0. The van der Waals surface area contributed by atoms with Gasteiger partial charge >= 0.3 is 0 Å². The summed E-state index contributed by atoms with van der Waals surface area (Å²) in [5.41, 5.74) is 2.20. The third-order valence-corrected chi connectivity index (χ3v) is 6.61. The van der Waals surface area contributed by atoms with E-state index in [9.17, 15) is 13.5 Å². The molecular weight excluding hydrogens is 327 g/mol. The van der Waals surface area contributed by atoms with Crippen LogP contribution in [0.25, 0.3) is 0 Å². The minimum Gasteiger partial charge on any atom is -0.320 e. The molecule has 4 nitrogen and oxygen atoms in total. The molecule has 0 bridgehead atoms. The van der Waals surface area contributed by atoms with Crippen LogP contribution in [0.15, 0.2) is 48.5 Å². The van der Waals surface area contributed by atoms with Gasteiger partial charge in [0.25, 0.3) is 0 Å². The summed E-state index contributed by atoms with van der Waals surface area (Å²) < 4.78 is 37.3. The molecule has 0 radical (unpaired) electrons. The zero-order valence-corrected chi connectivity index (χ0v) is 14.5. The van der Waals surface area contributed by atoms with Crippen LogP contribution in [0.3, 0.4) is 0 Å². The van der Waals surface area contributed by atoms with Gasteiger partial charge < -0.3 is 5.32 Å². The van der Waals surface area contributed by atoms with E-state index in [1.165, 1.54) is 12.1 Å². The first-order chi connectivity index (χ1) is 11.5. The summed E-state index contributed by atoms with van der Waals surface area (Å²) in [5.74, 6) is -0.297. The fourth-order valence-corrected chi connectivity index (χ4v) is 5.27. The largest absolute Gasteiger partial charge is 0.320 e. The Bertz CT molecular complexity index is 697. The highest BCUT2D eigenvalue weighted by atomic mass is 32.3. The molecule has 0 aromatic heterocycles. The van der Waals surface area contributed by atoms with E-state index >= 15 is 0 Å². The van der Waals surface area contributed by atoms with Crippen LogP contribution in [0.1, 0.15) is 18.4 Å². The van der Waals surface area contributed by atoms with Crippen LogP contribution in [-0.4, -0.2) is 27.9 Å². The smallest absolute Gasteiger partial charge is 0.123 e. The molecule has 0 saturated carbocycles. The van der Waals surface area contributed by atoms with E-state index in [1.54, 1.807) is 10.4 Å². The summed E-state index contributed by atoms with van der Waals surface area (Å²) in [4.78, 5) is 0. The van der Waals surface area contributed by atoms with Crippen LogP contribution in [-0.2, 0) is 6.42 Å². The molecule has 2 aromatic carbocycles. The highest BCUT2D eigenvalue weighted by Crippen LogP contribution is 2.60. The molecule has 0 aliphatic carbocycles. The molecule has 0 fully saturated rings. The minimum absolute atomic E-state index is 0.297. The molecular formula is C18H23FN2O2S. The second-order valence-corrected chi connectivity index (χ2v) is 8.19. The van der Waals surface area contributed by atoms with E-state index in [4.69, 9.17) is 0 Å². The molecule has 0 amide bonds. The molecule has 2 aromatic rings. The number of para-hydroxylation sites is 1. The maximum absolute atomic E-state index is 13.7. The lowest BCUT2D eigenvalue weighted by Gasteiger charge is -2.53. The van der Waals surface area contributed by atoms with Crippen molar-refractivity contribution in [1.82, 2.24) is 5.32 Å². The maximum Gasteiger partial charge on any atom is 0.123 e. The SMILES string of the molecule is CNCCC[C@H]1Cc2cc(F)ccc2N(c2ccccc2)S1(O)O. The van der Waals surface area contributed by atoms with E-state index in [0.29, 0.717) is 24.2 Å². The van der Waals surface area contributed by atoms with Crippen LogP contribution in [0, 0.1) is 5.82 Å². The lowest BCUT2D eigenvalue weighted by molar-refractivity contribution is 0.454. The number of halogens is 1. The standard InChI is InChI=1S/C18H23FN2O2S/c1-20-11-5-8-17-13-14-12-15(19)9-10-18(14)21(24(17,22)23)16-6-3-2-4-7-16/h2-4,6-7,9-10,12,17,20,22-23H,5,8,11,13H2,1H3/t17-/m0/s1. The lowest BCUT2D eigenvalue weighted by atomic mass is 10.0. The number of anilines is 2. The predicted molar refractivity (Wildman–Crippen MR) is 98.5 cm³/mol. The van der Waals surface area contributed by atoms with Crippen molar-refractivity contribution in [2.45, 2.75) is 24.5 Å². The Morgan fingerprint density at radius 1 is 1.21 bits per heavy atom. The number of nitrogens with zero attached hydrogens (tertiary/aromatic N) is 1. The van der Waals surface area contributed by atoms with Crippen LogP contribution in [0.5, 0.6) is 0 Å². The second-order valence-electron chi connectivity index (χ2n) is 6.04. The Hall–Kier alpha value is -1.60. The van der Waals surface area contributed by atoms with Gasteiger partial charge in [-0.05, 0) is 68.8 Å². The Balaban J connectivity index is 2.03. The molecule has 24 heavy (non-hydrogen) atoms. The molecule has 130 valence electrons. The first-order valence-electron chi connectivity index (χ1n) is 8.09. The maximum atomic E-state index is 13.7. The topological polar surface area (TPSA) is 55.7 Å². The van der Waals surface area contributed by atoms with Crippen molar-refractivity contribution in [2.24, 2.45) is 0 Å². The quantitative estimate of drug-likeness (QED) is 0.692. The van der Waals surface area contributed by atoms with Gasteiger partial charge in [-0.25, -0.2) is 8.70 Å². The van der Waals surface area contributed by atoms with Gasteiger partial charge in [0.15, 0.2) is 0 Å². The third-order valence-electron chi connectivity index (χ3n) is 4.37. The van der Waals surface area contributed by atoms with Gasteiger partial charge in [0.05, 0.1) is 16.6 Å². The third kappa shape index (κ3) is 3.28. The van der Waals surface area contributed by atoms with Crippen LogP contribution in [0.4, 0.5) is 15.8 Å². The van der Waals surface area contributed by atoms with Crippen molar-refractivity contribution in [3.05, 3.63) is 59.9 Å². The van der Waals surface area contributed by atoms with Gasteiger partial charge in [-0.2, -0.15) is 0 Å². The summed E-state index contributed by atoms with van der Waals surface area (Å²) in [6, 6.07) is 13.8. The summed E-state index contributed by atoms with van der Waals surface area (Å²) in [7, 11) is -1.17. The number of hydrogen-bond acceptors (Lipinski definition) is 4. The van der Waals surface area contributed by atoms with Crippen molar-refractivity contribution in [3.8, 4) is 0 Å². The highest BCUT2D eigenvalue weighted by molar-refractivity contribution is 8.26. The first kappa shape index (κ1) is 17.2. The summed E-state index contributed by atoms with van der Waals surface area (Å²) in [5, 5.41) is 2.76. The van der Waals surface area contributed by atoms with Gasteiger partial charge in [0, 0.05) is 0 Å². The summed E-state index contributed by atoms with van der Waals surface area (Å²) in [6.07, 6.45) is 1.98. The van der Waals surface area contributed by atoms with E-state index in [2.05, 4.69) is 5.32 Å². The van der Waals surface area contributed by atoms with E-state index < -0.39 is 10.8 Å². The number of nitrogens with one attached hydrogen (secondary N) is 1. The summed E-state index contributed by atoms with van der Waals surface area (Å²) in [6.45, 7) is 0.813. The molecule has 1 aliphatic rings. The van der Waals surface area contributed by atoms with E-state index in [1.807, 2.05) is 37.4 Å². The molecule has 0 unspecified atom stereocenters. The van der Waals surface area contributed by atoms with Crippen molar-refractivity contribution < 1.29 is 13.5 Å². The van der Waals surface area contributed by atoms with Gasteiger partial charge in [-0.3, -0.25) is 9.11 Å². The van der Waals surface area contributed by atoms with Crippen molar-refractivity contribution in [2.75, 3.05) is 17.9 Å². The highest BCUT2D eigenvalue weighted by Gasteiger charge is 2.39. The molecule has 3 rings (SSSR count). The van der Waals surface area contributed by atoms with E-state index in [-0.39, 0.29) is 11.1 Å². The number of rotatable bonds is 5. The lowest BCUT2D eigenvalue weighted by Crippen LogP contribution is -2.38. The number of benzene rings is 2. The van der Waals surface area contributed by atoms with E-state index in [0.717, 1.165) is 18.5 Å². The van der Waals surface area contributed by atoms with Crippen LogP contribution < -0.4 is 9.62 Å². The first-order valence-corrected chi connectivity index (χ1v) is 9.66. The molecule has 1 aliphatic heterocycles. The minimum atomic E-state index is -3.04. The Kier molecular flexibility index (Phi) is 5.10. The number of fused-ring (bicyclic) bond motifs is 1. The zero-order chi connectivity index (χ0) is 17.2. The second kappa shape index (κ2) is 7.11. The van der Waals surface area contributed by atoms with Gasteiger partial charge in [0.1, 0.15) is 5.82 Å². The fourth-order valence-electron chi connectivity index (χ4n) is 3.19. The molecule has 3 N–H and O–H groups in total. The predicted octanol–water partition coefficient (Wildman–Crippen LogP) is 4.55. The van der Waals surface area contributed by atoms with Crippen molar-refractivity contribution >= 4 is 22.2 Å². The molecule has 1 heterocycles. The normalized spacial score (nSPS) is 20.5. The van der Waals surface area contributed by atoms with Crippen molar-refractivity contribution in [3.63, 3.8) is 0 Å². The molecule has 0 saturated heterocycles. The monoisotopic (exact) mass is 350 g/mol. The van der Waals surface area contributed by atoms with Crippen molar-refractivity contribution in [1.29, 1.82) is 0 Å².